The zero-order valence-corrected chi connectivity index (χ0v) is 9.44. The lowest BCUT2D eigenvalue weighted by Crippen LogP contribution is -2.52. The van der Waals surface area contributed by atoms with Gasteiger partial charge in [0.2, 0.25) is 0 Å². The van der Waals surface area contributed by atoms with Crippen molar-refractivity contribution in [2.45, 2.75) is 50.0 Å². The van der Waals surface area contributed by atoms with Crippen molar-refractivity contribution in [2.24, 2.45) is 0 Å². The second-order valence-electron chi connectivity index (χ2n) is 4.49. The van der Waals surface area contributed by atoms with Crippen molar-refractivity contribution in [1.29, 1.82) is 0 Å². The normalized spacial score (nSPS) is 45.3. The van der Waals surface area contributed by atoms with Gasteiger partial charge in [0.15, 0.2) is 0 Å². The first-order valence-corrected chi connectivity index (χ1v) is 5.75. The standard InChI is InChI=1S/C10H19BO4/c1-2-3-4-10(12)8-7(15-9(10)11)5-13-6-14-8/h7-9,12H,2-6,11H2,1H3/t7?,8-,9?,10-/m1/s1. The molecule has 0 saturated carbocycles. The number of aliphatic hydroxyl groups is 1. The first kappa shape index (κ1) is 11.4. The molecule has 4 nitrogen and oxygen atoms in total. The molecule has 1 N–H and O–H groups in total. The van der Waals surface area contributed by atoms with E-state index < -0.39 is 5.60 Å². The summed E-state index contributed by atoms with van der Waals surface area (Å²) in [6, 6.07) is -0.166. The van der Waals surface area contributed by atoms with Crippen LogP contribution in [0.5, 0.6) is 0 Å². The zero-order chi connectivity index (χ0) is 10.9. The SMILES string of the molecule is BC1OC2COCO[C@H]2[C@]1(O)CCCC. The Balaban J connectivity index is 2.07. The smallest absolute Gasteiger partial charge is 0.147 e. The van der Waals surface area contributed by atoms with Crippen LogP contribution in [0.25, 0.3) is 0 Å². The van der Waals surface area contributed by atoms with Crippen LogP contribution in [0.1, 0.15) is 26.2 Å². The van der Waals surface area contributed by atoms with Crippen LogP contribution in [0.2, 0.25) is 0 Å². The average Bonchev–Trinajstić information content (AvgIpc) is 2.50. The van der Waals surface area contributed by atoms with Gasteiger partial charge in [-0.25, -0.2) is 0 Å². The van der Waals surface area contributed by atoms with Crippen LogP contribution < -0.4 is 0 Å². The van der Waals surface area contributed by atoms with Gasteiger partial charge in [-0.3, -0.25) is 0 Å². The molecule has 2 aliphatic rings. The van der Waals surface area contributed by atoms with Crippen LogP contribution in [0.4, 0.5) is 0 Å². The van der Waals surface area contributed by atoms with E-state index in [9.17, 15) is 5.11 Å². The molecule has 2 rings (SSSR count). The van der Waals surface area contributed by atoms with E-state index in [1.807, 2.05) is 7.85 Å². The van der Waals surface area contributed by atoms with Gasteiger partial charge in [0, 0.05) is 0 Å². The Bertz CT molecular complexity index is 225. The Kier molecular flexibility index (Phi) is 3.35. The summed E-state index contributed by atoms with van der Waals surface area (Å²) in [5.74, 6) is 0. The maximum Gasteiger partial charge on any atom is 0.147 e. The maximum atomic E-state index is 10.6. The monoisotopic (exact) mass is 214 g/mol. The summed E-state index contributed by atoms with van der Waals surface area (Å²) in [6.07, 6.45) is 2.50. The summed E-state index contributed by atoms with van der Waals surface area (Å²) in [5.41, 5.74) is -0.829. The molecule has 4 atom stereocenters. The molecule has 5 heteroatoms. The molecular weight excluding hydrogens is 195 g/mol. The van der Waals surface area contributed by atoms with E-state index >= 15 is 0 Å². The Morgan fingerprint density at radius 1 is 1.53 bits per heavy atom. The summed E-state index contributed by atoms with van der Waals surface area (Å²) in [7, 11) is 1.91. The molecule has 2 unspecified atom stereocenters. The quantitative estimate of drug-likeness (QED) is 0.651. The van der Waals surface area contributed by atoms with Gasteiger partial charge in [-0.05, 0) is 6.42 Å². The Morgan fingerprint density at radius 3 is 3.07 bits per heavy atom. The van der Waals surface area contributed by atoms with Crippen LogP contribution in [0.15, 0.2) is 0 Å². The van der Waals surface area contributed by atoms with E-state index in [1.165, 1.54) is 0 Å². The van der Waals surface area contributed by atoms with Crippen molar-refractivity contribution in [1.82, 2.24) is 0 Å². The van der Waals surface area contributed by atoms with Gasteiger partial charge in [0.25, 0.3) is 0 Å². The topological polar surface area (TPSA) is 47.9 Å². The molecule has 0 aromatic rings. The van der Waals surface area contributed by atoms with Crippen molar-refractivity contribution in [3.63, 3.8) is 0 Å². The molecule has 2 heterocycles. The highest BCUT2D eigenvalue weighted by Gasteiger charge is 2.54. The summed E-state index contributed by atoms with van der Waals surface area (Å²) < 4.78 is 16.3. The summed E-state index contributed by atoms with van der Waals surface area (Å²) >= 11 is 0. The second-order valence-corrected chi connectivity index (χ2v) is 4.49. The lowest BCUT2D eigenvalue weighted by Gasteiger charge is -2.34. The zero-order valence-electron chi connectivity index (χ0n) is 9.44. The van der Waals surface area contributed by atoms with Gasteiger partial charge in [-0.2, -0.15) is 0 Å². The largest absolute Gasteiger partial charge is 0.385 e. The van der Waals surface area contributed by atoms with Gasteiger partial charge in [0.05, 0.1) is 12.6 Å². The van der Waals surface area contributed by atoms with Crippen molar-refractivity contribution >= 4 is 7.85 Å². The van der Waals surface area contributed by atoms with Crippen LogP contribution >= 0.6 is 0 Å². The van der Waals surface area contributed by atoms with Crippen molar-refractivity contribution in [3.8, 4) is 0 Å². The number of rotatable bonds is 3. The fourth-order valence-electron chi connectivity index (χ4n) is 2.47. The third-order valence-electron chi connectivity index (χ3n) is 3.46. The molecule has 0 aromatic carbocycles. The van der Waals surface area contributed by atoms with E-state index in [1.54, 1.807) is 0 Å². The predicted molar refractivity (Wildman–Crippen MR) is 57.4 cm³/mol. The average molecular weight is 214 g/mol. The number of hydrogen-bond donors (Lipinski definition) is 1. The summed E-state index contributed by atoms with van der Waals surface area (Å²) in [5, 5.41) is 10.6. The van der Waals surface area contributed by atoms with E-state index in [0.717, 1.165) is 19.3 Å². The Hall–Kier alpha value is -0.0951. The minimum atomic E-state index is -0.829. The van der Waals surface area contributed by atoms with Crippen molar-refractivity contribution < 1.29 is 19.3 Å². The molecule has 0 spiro atoms. The summed E-state index contributed by atoms with van der Waals surface area (Å²) in [6.45, 7) is 2.92. The third-order valence-corrected chi connectivity index (χ3v) is 3.46. The molecule has 2 saturated heterocycles. The molecule has 86 valence electrons. The second kappa shape index (κ2) is 4.41. The highest BCUT2D eigenvalue weighted by atomic mass is 16.7. The molecule has 0 aromatic heterocycles. The Morgan fingerprint density at radius 2 is 2.33 bits per heavy atom. The fourth-order valence-corrected chi connectivity index (χ4v) is 2.47. The molecule has 0 amide bonds. The van der Waals surface area contributed by atoms with Crippen molar-refractivity contribution in [2.75, 3.05) is 13.4 Å². The molecule has 2 fully saturated rings. The predicted octanol–water partition coefficient (Wildman–Crippen LogP) is -0.361. The highest BCUT2D eigenvalue weighted by molar-refractivity contribution is 6.12. The molecular formula is C10H19BO4. The molecule has 0 radical (unpaired) electrons. The molecule has 15 heavy (non-hydrogen) atoms. The van der Waals surface area contributed by atoms with Gasteiger partial charge in [-0.15, -0.1) is 0 Å². The minimum Gasteiger partial charge on any atom is -0.385 e. The van der Waals surface area contributed by atoms with E-state index in [4.69, 9.17) is 14.2 Å². The molecule has 0 aliphatic carbocycles. The minimum absolute atomic E-state index is 0.101. The number of hydrogen-bond acceptors (Lipinski definition) is 4. The first-order chi connectivity index (χ1) is 7.18. The maximum absolute atomic E-state index is 10.6. The van der Waals surface area contributed by atoms with Gasteiger partial charge < -0.3 is 19.3 Å². The van der Waals surface area contributed by atoms with Crippen LogP contribution in [-0.4, -0.2) is 50.2 Å². The summed E-state index contributed by atoms with van der Waals surface area (Å²) in [4.78, 5) is 0. The Labute approximate surface area is 91.3 Å². The van der Waals surface area contributed by atoms with Crippen LogP contribution in [-0.2, 0) is 14.2 Å². The third kappa shape index (κ3) is 1.94. The number of fused-ring (bicyclic) bond motifs is 1. The highest BCUT2D eigenvalue weighted by Crippen LogP contribution is 2.37. The van der Waals surface area contributed by atoms with Crippen LogP contribution in [0, 0.1) is 0 Å². The van der Waals surface area contributed by atoms with Gasteiger partial charge in [-0.1, -0.05) is 19.8 Å². The molecule has 0 bridgehead atoms. The van der Waals surface area contributed by atoms with E-state index in [2.05, 4.69) is 6.92 Å². The lowest BCUT2D eigenvalue weighted by atomic mass is 9.77. The van der Waals surface area contributed by atoms with E-state index in [0.29, 0.717) is 6.61 Å². The van der Waals surface area contributed by atoms with Gasteiger partial charge >= 0.3 is 0 Å². The number of ether oxygens (including phenoxy) is 3. The van der Waals surface area contributed by atoms with Gasteiger partial charge in [0.1, 0.15) is 32.4 Å². The van der Waals surface area contributed by atoms with E-state index in [-0.39, 0.29) is 25.0 Å². The fraction of sp³-hybridized carbons (Fsp3) is 1.00. The van der Waals surface area contributed by atoms with Crippen molar-refractivity contribution in [3.05, 3.63) is 0 Å². The molecule has 2 aliphatic heterocycles. The first-order valence-electron chi connectivity index (χ1n) is 5.75. The lowest BCUT2D eigenvalue weighted by molar-refractivity contribution is -0.204. The number of unbranched alkanes of at least 4 members (excludes halogenated alkanes) is 1. The van der Waals surface area contributed by atoms with Crippen LogP contribution in [0.3, 0.4) is 0 Å².